The smallest absolute Gasteiger partial charge is 0.411 e. The minimum atomic E-state index is -0.442. The highest BCUT2D eigenvalue weighted by molar-refractivity contribution is 5.92. The Hall–Kier alpha value is -4.60. The number of hydrogen-bond donors (Lipinski definition) is 3. The summed E-state index contributed by atoms with van der Waals surface area (Å²) in [5, 5.41) is 15.6. The fourth-order valence-electron chi connectivity index (χ4n) is 5.28. The number of nitrogens with one attached hydrogen (secondary N) is 2. The maximum Gasteiger partial charge on any atom is 0.411 e. The van der Waals surface area contributed by atoms with Gasteiger partial charge in [-0.1, -0.05) is 60.7 Å². The summed E-state index contributed by atoms with van der Waals surface area (Å²) in [6, 6.07) is 28.4. The number of rotatable bonds is 12. The van der Waals surface area contributed by atoms with Gasteiger partial charge in [-0.25, -0.2) is 4.79 Å². The largest absolute Gasteiger partial charge is 0.508 e. The van der Waals surface area contributed by atoms with Gasteiger partial charge in [0.2, 0.25) is 0 Å². The molecule has 44 heavy (non-hydrogen) atoms. The Labute approximate surface area is 258 Å². The van der Waals surface area contributed by atoms with Gasteiger partial charge in [0, 0.05) is 38.8 Å². The molecule has 4 aromatic rings. The maximum atomic E-state index is 12.9. The number of likely N-dealkylation sites (tertiary alicyclic amines) is 1. The van der Waals surface area contributed by atoms with Crippen LogP contribution in [0.2, 0.25) is 0 Å². The number of carbonyl (C=O) groups excluding carboxylic acids is 2. The van der Waals surface area contributed by atoms with E-state index >= 15 is 0 Å². The molecule has 3 N–H and O–H groups in total. The summed E-state index contributed by atoms with van der Waals surface area (Å²) in [7, 11) is 1.79. The van der Waals surface area contributed by atoms with E-state index in [1.165, 1.54) is 0 Å². The summed E-state index contributed by atoms with van der Waals surface area (Å²) in [6.07, 6.45) is 1.72. The number of carbonyl (C=O) groups is 2. The van der Waals surface area contributed by atoms with Crippen molar-refractivity contribution in [2.24, 2.45) is 0 Å². The van der Waals surface area contributed by atoms with Gasteiger partial charge in [0.05, 0.1) is 12.2 Å². The zero-order valence-corrected chi connectivity index (χ0v) is 25.1. The van der Waals surface area contributed by atoms with Crippen molar-refractivity contribution < 1.29 is 23.8 Å². The van der Waals surface area contributed by atoms with Crippen LogP contribution in [0.15, 0.2) is 95.4 Å². The third-order valence-electron chi connectivity index (χ3n) is 7.85. The van der Waals surface area contributed by atoms with E-state index in [2.05, 4.69) is 15.5 Å². The molecule has 0 unspecified atom stereocenters. The van der Waals surface area contributed by atoms with Crippen LogP contribution in [0.25, 0.3) is 11.1 Å². The number of benzene rings is 3. The number of likely N-dealkylation sites (N-methyl/N-ethyl adjacent to an activating group) is 1. The van der Waals surface area contributed by atoms with Gasteiger partial charge in [0.15, 0.2) is 5.76 Å². The number of para-hydroxylation sites is 1. The van der Waals surface area contributed by atoms with Crippen LogP contribution in [0, 0.1) is 0 Å². The molecule has 0 aliphatic carbocycles. The molecule has 5 rings (SSSR count). The maximum absolute atomic E-state index is 12.9. The number of amides is 2. The molecule has 0 saturated carbocycles. The molecule has 1 aliphatic heterocycles. The first-order valence-corrected chi connectivity index (χ1v) is 15.1. The van der Waals surface area contributed by atoms with Crippen LogP contribution in [0.1, 0.15) is 34.7 Å². The highest BCUT2D eigenvalue weighted by Gasteiger charge is 2.24. The highest BCUT2D eigenvalue weighted by atomic mass is 16.6. The molecule has 1 fully saturated rings. The zero-order valence-electron chi connectivity index (χ0n) is 25.1. The minimum absolute atomic E-state index is 0.147. The number of nitrogens with zero attached hydrogens (tertiary/aromatic N) is 2. The lowest BCUT2D eigenvalue weighted by Crippen LogP contribution is -2.42. The molecule has 0 bridgehead atoms. The van der Waals surface area contributed by atoms with E-state index in [0.717, 1.165) is 67.8 Å². The molecule has 1 saturated heterocycles. The SMILES string of the molecule is CN(CCN1CCC(OC(=O)Nc2ccccc2-c2ccccc2)CC1)C(=O)c1ccc(CNCCc2ccc(O)cc2)o1. The van der Waals surface area contributed by atoms with Crippen LogP contribution in [-0.4, -0.2) is 72.8 Å². The quantitative estimate of drug-likeness (QED) is 0.178. The van der Waals surface area contributed by atoms with Crippen molar-refractivity contribution in [1.29, 1.82) is 0 Å². The molecule has 2 amide bonds. The molecule has 9 heteroatoms. The van der Waals surface area contributed by atoms with Gasteiger partial charge in [-0.3, -0.25) is 10.1 Å². The van der Waals surface area contributed by atoms with E-state index < -0.39 is 6.09 Å². The Morgan fingerprint density at radius 1 is 0.955 bits per heavy atom. The fraction of sp³-hybridized carbons (Fsp3) is 0.314. The Bertz CT molecular complexity index is 1500. The number of piperidine rings is 1. The summed E-state index contributed by atoms with van der Waals surface area (Å²) >= 11 is 0. The first-order valence-electron chi connectivity index (χ1n) is 15.1. The van der Waals surface area contributed by atoms with E-state index in [4.69, 9.17) is 9.15 Å². The number of aromatic hydroxyl groups is 1. The van der Waals surface area contributed by atoms with Gasteiger partial charge in [0.1, 0.15) is 17.6 Å². The average Bonchev–Trinajstić information content (AvgIpc) is 3.53. The molecule has 0 atom stereocenters. The van der Waals surface area contributed by atoms with Gasteiger partial charge >= 0.3 is 6.09 Å². The first-order chi connectivity index (χ1) is 21.4. The number of anilines is 1. The van der Waals surface area contributed by atoms with Crippen molar-refractivity contribution >= 4 is 17.7 Å². The van der Waals surface area contributed by atoms with Gasteiger partial charge in [-0.05, 0) is 67.3 Å². The monoisotopic (exact) mass is 596 g/mol. The Kier molecular flexibility index (Phi) is 10.7. The van der Waals surface area contributed by atoms with E-state index in [1.54, 1.807) is 30.1 Å². The van der Waals surface area contributed by atoms with Crippen molar-refractivity contribution in [1.82, 2.24) is 15.1 Å². The average molecular weight is 597 g/mol. The molecule has 2 heterocycles. The number of hydrogen-bond acceptors (Lipinski definition) is 7. The molecular formula is C35H40N4O5. The molecule has 0 radical (unpaired) electrons. The van der Waals surface area contributed by atoms with Crippen LogP contribution < -0.4 is 10.6 Å². The predicted octanol–water partition coefficient (Wildman–Crippen LogP) is 5.77. The van der Waals surface area contributed by atoms with E-state index in [0.29, 0.717) is 24.6 Å². The van der Waals surface area contributed by atoms with E-state index in [9.17, 15) is 14.7 Å². The second kappa shape index (κ2) is 15.2. The van der Waals surface area contributed by atoms with E-state index in [1.807, 2.05) is 72.8 Å². The van der Waals surface area contributed by atoms with Crippen molar-refractivity contribution in [3.63, 3.8) is 0 Å². The molecule has 1 aromatic heterocycles. The van der Waals surface area contributed by atoms with Crippen LogP contribution in [0.4, 0.5) is 10.5 Å². The third-order valence-corrected chi connectivity index (χ3v) is 7.85. The lowest BCUT2D eigenvalue weighted by molar-refractivity contribution is 0.0534. The molecule has 3 aromatic carbocycles. The predicted molar refractivity (Wildman–Crippen MR) is 171 cm³/mol. The third kappa shape index (κ3) is 8.72. The second-order valence-electron chi connectivity index (χ2n) is 11.1. The van der Waals surface area contributed by atoms with Gasteiger partial charge < -0.3 is 29.4 Å². The second-order valence-corrected chi connectivity index (χ2v) is 11.1. The zero-order chi connectivity index (χ0) is 30.7. The van der Waals surface area contributed by atoms with Gasteiger partial charge in [-0.2, -0.15) is 0 Å². The molecule has 9 nitrogen and oxygen atoms in total. The summed E-state index contributed by atoms with van der Waals surface area (Å²) in [5.41, 5.74) is 3.83. The number of phenols is 1. The number of furan rings is 1. The Morgan fingerprint density at radius 3 is 2.45 bits per heavy atom. The Balaban J connectivity index is 0.992. The van der Waals surface area contributed by atoms with Crippen molar-refractivity contribution in [2.45, 2.75) is 31.9 Å². The summed E-state index contributed by atoms with van der Waals surface area (Å²) in [5.74, 6) is 1.15. The normalized spacial score (nSPS) is 13.8. The van der Waals surface area contributed by atoms with E-state index in [-0.39, 0.29) is 17.8 Å². The number of ether oxygens (including phenoxy) is 1. The van der Waals surface area contributed by atoms with Crippen molar-refractivity contribution in [3.05, 3.63) is 108 Å². The van der Waals surface area contributed by atoms with Crippen molar-refractivity contribution in [3.8, 4) is 16.9 Å². The molecule has 230 valence electrons. The van der Waals surface area contributed by atoms with Crippen LogP contribution in [0.5, 0.6) is 5.75 Å². The summed E-state index contributed by atoms with van der Waals surface area (Å²) in [6.45, 7) is 4.18. The Morgan fingerprint density at radius 2 is 1.68 bits per heavy atom. The van der Waals surface area contributed by atoms with Gasteiger partial charge in [0.25, 0.3) is 5.91 Å². The highest BCUT2D eigenvalue weighted by Crippen LogP contribution is 2.28. The lowest BCUT2D eigenvalue weighted by Gasteiger charge is -2.32. The molecular weight excluding hydrogens is 556 g/mol. The van der Waals surface area contributed by atoms with Gasteiger partial charge in [-0.15, -0.1) is 0 Å². The fourth-order valence-corrected chi connectivity index (χ4v) is 5.28. The summed E-state index contributed by atoms with van der Waals surface area (Å²) in [4.78, 5) is 29.6. The minimum Gasteiger partial charge on any atom is -0.508 e. The number of phenolic OH excluding ortho intramolecular Hbond substituents is 1. The summed E-state index contributed by atoms with van der Waals surface area (Å²) < 4.78 is 11.6. The topological polar surface area (TPSA) is 107 Å². The van der Waals surface area contributed by atoms with Crippen LogP contribution in [0.3, 0.4) is 0 Å². The lowest BCUT2D eigenvalue weighted by atomic mass is 10.0. The van der Waals surface area contributed by atoms with Crippen LogP contribution in [-0.2, 0) is 17.7 Å². The first kappa shape index (κ1) is 30.8. The van der Waals surface area contributed by atoms with Crippen LogP contribution >= 0.6 is 0 Å². The molecule has 1 aliphatic rings. The standard InChI is InChI=1S/C35H40N4O5/c1-38(34(41)33-16-15-30(43-33)25-36-20-17-26-11-13-28(40)14-12-26)23-24-39-21-18-29(19-22-39)44-35(42)37-32-10-6-5-9-31(32)27-7-3-2-4-8-27/h2-16,29,36,40H,17-25H2,1H3,(H,37,42). The van der Waals surface area contributed by atoms with Crippen molar-refractivity contribution in [2.75, 3.05) is 45.1 Å². The molecule has 0 spiro atoms.